The molecule has 12 unspecified atom stereocenters. The van der Waals surface area contributed by atoms with Crippen molar-refractivity contribution < 1.29 is 64.6 Å². The fraction of sp³-hybridized carbons (Fsp3) is 0.783. The Bertz CT molecular complexity index is 1710. The second-order valence-electron chi connectivity index (χ2n) is 23.2. The summed E-state index contributed by atoms with van der Waals surface area (Å²) in [5.41, 5.74) is 0. The number of ether oxygens (including phenoxy) is 4. The molecule has 2 rings (SSSR count). The second-order valence-corrected chi connectivity index (χ2v) is 23.2. The van der Waals surface area contributed by atoms with E-state index in [1.54, 1.807) is 0 Å². The van der Waals surface area contributed by atoms with Crippen molar-refractivity contribution in [1.82, 2.24) is 5.32 Å². The maximum atomic E-state index is 13.3. The molecule has 12 atom stereocenters. The first-order chi connectivity index (χ1) is 40.6. The van der Waals surface area contributed by atoms with E-state index in [-0.39, 0.29) is 18.9 Å². The first kappa shape index (κ1) is 76.3. The summed E-state index contributed by atoms with van der Waals surface area (Å²) in [4.78, 5) is 13.3. The molecule has 2 heterocycles. The summed E-state index contributed by atoms with van der Waals surface area (Å²) in [5.74, 6) is -0.264. The molecule has 0 aliphatic carbocycles. The highest BCUT2D eigenvalue weighted by molar-refractivity contribution is 5.76. The van der Waals surface area contributed by atoms with E-state index in [0.717, 1.165) is 70.6 Å². The zero-order chi connectivity index (χ0) is 60.2. The number of nitrogens with one attached hydrogen (secondary N) is 1. The SMILES string of the molecule is CC/C=C\C/C=C\C/C=C\C/C=C\C/C=C\C/C=C\C/C=C\CCCC(=O)NC(COC1OC(CO)C(OC2OC(CO)C(O)C(O)C2O)C(O)C1O)C(O)CCCCCCCCCCCCCCCCCCCCCCCCCCCC. The van der Waals surface area contributed by atoms with Crippen LogP contribution in [0.15, 0.2) is 85.1 Å². The summed E-state index contributed by atoms with van der Waals surface area (Å²) in [6, 6.07) is -0.867. The number of amides is 1. The molecular formula is C69H121NO13. The Morgan fingerprint density at radius 1 is 0.446 bits per heavy atom. The Kier molecular flexibility index (Phi) is 49.1. The van der Waals surface area contributed by atoms with Gasteiger partial charge in [-0.1, -0.05) is 266 Å². The number of aliphatic hydroxyl groups excluding tert-OH is 8. The fourth-order valence-electron chi connectivity index (χ4n) is 10.6. The van der Waals surface area contributed by atoms with Crippen molar-refractivity contribution in [3.63, 3.8) is 0 Å². The van der Waals surface area contributed by atoms with Crippen molar-refractivity contribution in [3.8, 4) is 0 Å². The molecule has 0 aromatic rings. The van der Waals surface area contributed by atoms with Crippen LogP contribution in [0.5, 0.6) is 0 Å². The third-order valence-corrected chi connectivity index (χ3v) is 15.9. The maximum absolute atomic E-state index is 13.3. The summed E-state index contributed by atoms with van der Waals surface area (Å²) in [6.45, 7) is 2.73. The van der Waals surface area contributed by atoms with Gasteiger partial charge in [-0.25, -0.2) is 0 Å². The predicted octanol–water partition coefficient (Wildman–Crippen LogP) is 12.8. The number of unbranched alkanes of at least 4 members (excludes halogenated alkanes) is 26. The van der Waals surface area contributed by atoms with E-state index in [4.69, 9.17) is 18.9 Å². The first-order valence-electron chi connectivity index (χ1n) is 33.3. The molecule has 1 amide bonds. The number of hydrogen-bond donors (Lipinski definition) is 9. The Hall–Kier alpha value is -2.83. The number of carbonyl (C=O) groups excluding carboxylic acids is 1. The van der Waals surface area contributed by atoms with Gasteiger partial charge in [0.1, 0.15) is 48.8 Å². The third-order valence-electron chi connectivity index (χ3n) is 15.9. The lowest BCUT2D eigenvalue weighted by atomic mass is 9.97. The van der Waals surface area contributed by atoms with Gasteiger partial charge in [0.25, 0.3) is 0 Å². The molecule has 0 aromatic carbocycles. The van der Waals surface area contributed by atoms with Gasteiger partial charge in [0, 0.05) is 6.42 Å². The number of allylic oxidation sites excluding steroid dienone is 14. The van der Waals surface area contributed by atoms with E-state index in [2.05, 4.69) is 104 Å². The summed E-state index contributed by atoms with van der Waals surface area (Å²) >= 11 is 0. The van der Waals surface area contributed by atoms with Crippen molar-refractivity contribution in [2.75, 3.05) is 19.8 Å². The van der Waals surface area contributed by atoms with Crippen LogP contribution in [0.4, 0.5) is 0 Å². The number of carbonyl (C=O) groups is 1. The molecule has 14 heteroatoms. The Labute approximate surface area is 503 Å². The fourth-order valence-corrected chi connectivity index (χ4v) is 10.6. The van der Waals surface area contributed by atoms with Crippen LogP contribution in [0.25, 0.3) is 0 Å². The van der Waals surface area contributed by atoms with Crippen molar-refractivity contribution in [3.05, 3.63) is 85.1 Å². The van der Waals surface area contributed by atoms with Gasteiger partial charge in [-0.05, 0) is 64.2 Å². The molecule has 2 fully saturated rings. The van der Waals surface area contributed by atoms with E-state index in [9.17, 15) is 45.6 Å². The second kappa shape index (κ2) is 53.4. The average Bonchev–Trinajstić information content (AvgIpc) is 3.64. The largest absolute Gasteiger partial charge is 0.394 e. The van der Waals surface area contributed by atoms with Crippen LogP contribution in [-0.2, 0) is 23.7 Å². The third kappa shape index (κ3) is 38.1. The lowest BCUT2D eigenvalue weighted by Crippen LogP contribution is -2.65. The molecule has 0 saturated carbocycles. The molecule has 2 aliphatic rings. The van der Waals surface area contributed by atoms with Crippen LogP contribution in [0.1, 0.15) is 251 Å². The Morgan fingerprint density at radius 2 is 0.819 bits per heavy atom. The topological polar surface area (TPSA) is 228 Å². The van der Waals surface area contributed by atoms with E-state index in [0.29, 0.717) is 19.3 Å². The van der Waals surface area contributed by atoms with Crippen LogP contribution in [0.2, 0.25) is 0 Å². The van der Waals surface area contributed by atoms with Crippen LogP contribution < -0.4 is 5.32 Å². The zero-order valence-electron chi connectivity index (χ0n) is 51.9. The van der Waals surface area contributed by atoms with Crippen LogP contribution in [-0.4, -0.2) is 140 Å². The van der Waals surface area contributed by atoms with Gasteiger partial charge in [-0.15, -0.1) is 0 Å². The van der Waals surface area contributed by atoms with Gasteiger partial charge < -0.3 is 65.1 Å². The van der Waals surface area contributed by atoms with Gasteiger partial charge in [-0.3, -0.25) is 4.79 Å². The number of hydrogen-bond acceptors (Lipinski definition) is 13. The maximum Gasteiger partial charge on any atom is 0.220 e. The van der Waals surface area contributed by atoms with Crippen molar-refractivity contribution >= 4 is 5.91 Å². The zero-order valence-corrected chi connectivity index (χ0v) is 51.9. The minimum Gasteiger partial charge on any atom is -0.394 e. The van der Waals surface area contributed by atoms with Gasteiger partial charge in [0.2, 0.25) is 5.91 Å². The highest BCUT2D eigenvalue weighted by Crippen LogP contribution is 2.30. The first-order valence-corrected chi connectivity index (χ1v) is 33.3. The molecule has 9 N–H and O–H groups in total. The molecule has 0 spiro atoms. The smallest absolute Gasteiger partial charge is 0.220 e. The van der Waals surface area contributed by atoms with E-state index < -0.39 is 86.8 Å². The molecule has 0 bridgehead atoms. The minimum atomic E-state index is -1.79. The molecule has 0 radical (unpaired) electrons. The predicted molar refractivity (Wildman–Crippen MR) is 336 cm³/mol. The van der Waals surface area contributed by atoms with Crippen LogP contribution >= 0.6 is 0 Å². The van der Waals surface area contributed by atoms with Crippen molar-refractivity contribution in [1.29, 1.82) is 0 Å². The van der Waals surface area contributed by atoms with Crippen molar-refractivity contribution in [2.24, 2.45) is 0 Å². The normalized spacial score (nSPS) is 24.4. The lowest BCUT2D eigenvalue weighted by Gasteiger charge is -2.46. The standard InChI is InChI=1S/C69H121NO13/c1-3-5-7-9-11-13-15-17-19-21-23-25-27-28-29-31-32-34-36-38-40-42-44-46-48-50-52-58(73)57(56-80-68-66(79)64(77)67(60(55-72)82-68)83-69-65(78)63(76)62(75)59(54-71)81-69)70-61(74)53-51-49-47-45-43-41-39-37-35-33-30-26-24-22-20-18-16-14-12-10-8-6-4-2/h6,8,12,14,18,20,24,26,33,35,39,41,45,47,57-60,62-69,71-73,75-79H,3-5,7,9-11,13,15-17,19,21-23,25,27-32,34,36-38,40,42-44,46,48-56H2,1-2H3,(H,70,74)/b8-6-,14-12-,20-18-,26-24-,35-33-,41-39-,47-45-. The molecular weight excluding hydrogens is 1050 g/mol. The summed E-state index contributed by atoms with van der Waals surface area (Å²) in [7, 11) is 0. The summed E-state index contributed by atoms with van der Waals surface area (Å²) in [5, 5.41) is 87.5. The lowest BCUT2D eigenvalue weighted by molar-refractivity contribution is -0.359. The highest BCUT2D eigenvalue weighted by atomic mass is 16.7. The summed E-state index contributed by atoms with van der Waals surface area (Å²) < 4.78 is 22.9. The van der Waals surface area contributed by atoms with Gasteiger partial charge in [-0.2, -0.15) is 0 Å². The quantitative estimate of drug-likeness (QED) is 0.0204. The van der Waals surface area contributed by atoms with Crippen LogP contribution in [0, 0.1) is 0 Å². The Balaban J connectivity index is 1.73. The van der Waals surface area contributed by atoms with Crippen LogP contribution in [0.3, 0.4) is 0 Å². The van der Waals surface area contributed by atoms with E-state index >= 15 is 0 Å². The average molecular weight is 1170 g/mol. The molecule has 2 aliphatic heterocycles. The molecule has 480 valence electrons. The van der Waals surface area contributed by atoms with E-state index in [1.807, 2.05) is 0 Å². The van der Waals surface area contributed by atoms with Gasteiger partial charge in [0.15, 0.2) is 12.6 Å². The number of rotatable bonds is 53. The monoisotopic (exact) mass is 1170 g/mol. The minimum absolute atomic E-state index is 0.220. The van der Waals surface area contributed by atoms with Gasteiger partial charge in [0.05, 0.1) is 32.0 Å². The van der Waals surface area contributed by atoms with Gasteiger partial charge >= 0.3 is 0 Å². The van der Waals surface area contributed by atoms with E-state index in [1.165, 1.54) is 141 Å². The Morgan fingerprint density at radius 3 is 1.23 bits per heavy atom. The van der Waals surface area contributed by atoms with Crippen molar-refractivity contribution in [2.45, 2.75) is 325 Å². The summed E-state index contributed by atoms with van der Waals surface area (Å²) in [6.07, 6.45) is 55.9. The molecule has 83 heavy (non-hydrogen) atoms. The molecule has 14 nitrogen and oxygen atoms in total. The highest BCUT2D eigenvalue weighted by Gasteiger charge is 2.51. The molecule has 2 saturated heterocycles. The molecule has 0 aromatic heterocycles. The number of aliphatic hydroxyl groups is 8.